The molecule has 3 heteroatoms. The summed E-state index contributed by atoms with van der Waals surface area (Å²) >= 11 is 0. The van der Waals surface area contributed by atoms with E-state index >= 15 is 0 Å². The molecule has 0 spiro atoms. The lowest BCUT2D eigenvalue weighted by molar-refractivity contribution is 0.469. The van der Waals surface area contributed by atoms with Gasteiger partial charge in [-0.15, -0.1) is 0 Å². The Labute approximate surface area is 119 Å². The van der Waals surface area contributed by atoms with Crippen molar-refractivity contribution in [1.82, 2.24) is 5.32 Å². The molecule has 2 N–H and O–H groups in total. The molecule has 2 rings (SSSR count). The highest BCUT2D eigenvalue weighted by molar-refractivity contribution is 5.27. The molecule has 1 atom stereocenters. The zero-order chi connectivity index (χ0) is 14.4. The second-order valence-electron chi connectivity index (χ2n) is 5.13. The highest BCUT2D eigenvalue weighted by Crippen LogP contribution is 2.18. The zero-order valence-corrected chi connectivity index (χ0v) is 11.6. The minimum atomic E-state index is -0.202. The molecule has 0 fully saturated rings. The van der Waals surface area contributed by atoms with E-state index in [1.807, 2.05) is 31.3 Å². The van der Waals surface area contributed by atoms with Crippen molar-refractivity contribution in [1.29, 1.82) is 0 Å². The third kappa shape index (κ3) is 4.35. The number of benzene rings is 2. The van der Waals surface area contributed by atoms with E-state index in [-0.39, 0.29) is 5.82 Å². The van der Waals surface area contributed by atoms with Crippen LogP contribution in [0.25, 0.3) is 0 Å². The SMILES string of the molecule is CNCC(Cc1ccc(F)cc1)Cc1cccc(O)c1. The Morgan fingerprint density at radius 2 is 1.75 bits per heavy atom. The lowest BCUT2D eigenvalue weighted by Gasteiger charge is -2.17. The molecule has 0 radical (unpaired) electrons. The molecule has 0 saturated heterocycles. The zero-order valence-electron chi connectivity index (χ0n) is 11.6. The van der Waals surface area contributed by atoms with Crippen LogP contribution in [0.5, 0.6) is 5.75 Å². The Bertz CT molecular complexity index is 539. The standard InChI is InChI=1S/C17H20FNO/c1-19-12-15(9-13-5-7-16(18)8-6-13)10-14-3-2-4-17(20)11-14/h2-8,11,15,19-20H,9-10,12H2,1H3. The van der Waals surface area contributed by atoms with Crippen molar-refractivity contribution in [3.05, 3.63) is 65.5 Å². The van der Waals surface area contributed by atoms with Gasteiger partial charge >= 0.3 is 0 Å². The number of aromatic hydroxyl groups is 1. The van der Waals surface area contributed by atoms with Gasteiger partial charge in [-0.3, -0.25) is 0 Å². The Morgan fingerprint density at radius 3 is 2.40 bits per heavy atom. The fraction of sp³-hybridized carbons (Fsp3) is 0.294. The molecule has 0 amide bonds. The first-order chi connectivity index (χ1) is 9.67. The molecular weight excluding hydrogens is 253 g/mol. The van der Waals surface area contributed by atoms with Crippen LogP contribution in [-0.2, 0) is 12.8 Å². The van der Waals surface area contributed by atoms with Crippen LogP contribution in [0.15, 0.2) is 48.5 Å². The van der Waals surface area contributed by atoms with E-state index in [0.29, 0.717) is 11.7 Å². The van der Waals surface area contributed by atoms with Crippen LogP contribution < -0.4 is 5.32 Å². The summed E-state index contributed by atoms with van der Waals surface area (Å²) in [6, 6.07) is 14.0. The largest absolute Gasteiger partial charge is 0.508 e. The molecule has 0 saturated carbocycles. The van der Waals surface area contributed by atoms with Crippen LogP contribution in [0.3, 0.4) is 0 Å². The smallest absolute Gasteiger partial charge is 0.123 e. The molecule has 20 heavy (non-hydrogen) atoms. The van der Waals surface area contributed by atoms with E-state index in [4.69, 9.17) is 0 Å². The summed E-state index contributed by atoms with van der Waals surface area (Å²) in [7, 11) is 1.93. The quantitative estimate of drug-likeness (QED) is 0.847. The minimum absolute atomic E-state index is 0.202. The summed E-state index contributed by atoms with van der Waals surface area (Å²) in [6.45, 7) is 0.882. The Morgan fingerprint density at radius 1 is 1.05 bits per heavy atom. The fourth-order valence-corrected chi connectivity index (χ4v) is 2.48. The molecule has 106 valence electrons. The highest BCUT2D eigenvalue weighted by Gasteiger charge is 2.10. The van der Waals surface area contributed by atoms with E-state index in [0.717, 1.165) is 30.5 Å². The van der Waals surface area contributed by atoms with Crippen molar-refractivity contribution in [3.63, 3.8) is 0 Å². The third-order valence-electron chi connectivity index (χ3n) is 3.37. The number of rotatable bonds is 6. The molecule has 2 nitrogen and oxygen atoms in total. The summed E-state index contributed by atoms with van der Waals surface area (Å²) < 4.78 is 12.9. The number of nitrogens with one attached hydrogen (secondary N) is 1. The van der Waals surface area contributed by atoms with Gasteiger partial charge in [-0.2, -0.15) is 0 Å². The average molecular weight is 273 g/mol. The number of phenolic OH excluding ortho intramolecular Hbond substituents is 1. The normalized spacial score (nSPS) is 12.3. The predicted molar refractivity (Wildman–Crippen MR) is 79.3 cm³/mol. The maximum Gasteiger partial charge on any atom is 0.123 e. The van der Waals surface area contributed by atoms with Crippen LogP contribution in [0, 0.1) is 11.7 Å². The van der Waals surface area contributed by atoms with E-state index in [1.54, 1.807) is 12.1 Å². The van der Waals surface area contributed by atoms with Crippen LogP contribution in [0.1, 0.15) is 11.1 Å². The molecule has 0 heterocycles. The van der Waals surface area contributed by atoms with Crippen molar-refractivity contribution >= 4 is 0 Å². The van der Waals surface area contributed by atoms with Crippen molar-refractivity contribution in [2.75, 3.05) is 13.6 Å². The first-order valence-corrected chi connectivity index (χ1v) is 6.84. The second-order valence-corrected chi connectivity index (χ2v) is 5.13. The minimum Gasteiger partial charge on any atom is -0.508 e. The summed E-state index contributed by atoms with van der Waals surface area (Å²) in [5, 5.41) is 12.7. The summed E-state index contributed by atoms with van der Waals surface area (Å²) in [5.41, 5.74) is 2.25. The highest BCUT2D eigenvalue weighted by atomic mass is 19.1. The third-order valence-corrected chi connectivity index (χ3v) is 3.37. The van der Waals surface area contributed by atoms with Gasteiger partial charge in [-0.05, 0) is 67.7 Å². The van der Waals surface area contributed by atoms with Crippen molar-refractivity contribution < 1.29 is 9.50 Å². The molecule has 0 aromatic heterocycles. The van der Waals surface area contributed by atoms with Gasteiger partial charge in [0.2, 0.25) is 0 Å². The van der Waals surface area contributed by atoms with E-state index in [1.165, 1.54) is 12.1 Å². The first kappa shape index (κ1) is 14.5. The van der Waals surface area contributed by atoms with E-state index in [9.17, 15) is 9.50 Å². The second kappa shape index (κ2) is 7.06. The number of phenols is 1. The van der Waals surface area contributed by atoms with E-state index in [2.05, 4.69) is 5.32 Å². The molecule has 1 unspecified atom stereocenters. The lowest BCUT2D eigenvalue weighted by Crippen LogP contribution is -2.22. The van der Waals surface area contributed by atoms with Gasteiger partial charge < -0.3 is 10.4 Å². The monoisotopic (exact) mass is 273 g/mol. The van der Waals surface area contributed by atoms with Crippen molar-refractivity contribution in [2.45, 2.75) is 12.8 Å². The maximum atomic E-state index is 12.9. The Hall–Kier alpha value is -1.87. The Balaban J connectivity index is 2.05. The van der Waals surface area contributed by atoms with Crippen LogP contribution >= 0.6 is 0 Å². The van der Waals surface area contributed by atoms with Crippen LogP contribution in [-0.4, -0.2) is 18.7 Å². The van der Waals surface area contributed by atoms with Gasteiger partial charge in [0, 0.05) is 0 Å². The topological polar surface area (TPSA) is 32.3 Å². The molecule has 0 bridgehead atoms. The number of hydrogen-bond donors (Lipinski definition) is 2. The molecule has 0 aliphatic rings. The van der Waals surface area contributed by atoms with E-state index < -0.39 is 0 Å². The molecule has 0 aliphatic heterocycles. The molecule has 2 aromatic rings. The average Bonchev–Trinajstić information content (AvgIpc) is 2.42. The van der Waals surface area contributed by atoms with Crippen LogP contribution in [0.4, 0.5) is 4.39 Å². The lowest BCUT2D eigenvalue weighted by atomic mass is 9.92. The number of hydrogen-bond acceptors (Lipinski definition) is 2. The molecule has 0 aliphatic carbocycles. The molecular formula is C17H20FNO. The summed E-state index contributed by atoms with van der Waals surface area (Å²) in [5.74, 6) is 0.506. The van der Waals surface area contributed by atoms with Gasteiger partial charge in [0.05, 0.1) is 0 Å². The van der Waals surface area contributed by atoms with Gasteiger partial charge in [-0.1, -0.05) is 24.3 Å². The van der Waals surface area contributed by atoms with Crippen LogP contribution in [0.2, 0.25) is 0 Å². The van der Waals surface area contributed by atoms with Crippen molar-refractivity contribution in [3.8, 4) is 5.75 Å². The summed E-state index contributed by atoms with van der Waals surface area (Å²) in [6.07, 6.45) is 1.77. The predicted octanol–water partition coefficient (Wildman–Crippen LogP) is 3.15. The van der Waals surface area contributed by atoms with Crippen molar-refractivity contribution in [2.24, 2.45) is 5.92 Å². The number of halogens is 1. The summed E-state index contributed by atoms with van der Waals surface area (Å²) in [4.78, 5) is 0. The van der Waals surface area contributed by atoms with Gasteiger partial charge in [0.15, 0.2) is 0 Å². The van der Waals surface area contributed by atoms with Gasteiger partial charge in [-0.25, -0.2) is 4.39 Å². The molecule has 2 aromatic carbocycles. The first-order valence-electron chi connectivity index (χ1n) is 6.84. The fourth-order valence-electron chi connectivity index (χ4n) is 2.48. The van der Waals surface area contributed by atoms with Gasteiger partial charge in [0.1, 0.15) is 11.6 Å². The Kier molecular flexibility index (Phi) is 5.13. The maximum absolute atomic E-state index is 12.9. The van der Waals surface area contributed by atoms with Gasteiger partial charge in [0.25, 0.3) is 0 Å².